The van der Waals surface area contributed by atoms with Crippen LogP contribution in [0, 0.1) is 0 Å². The van der Waals surface area contributed by atoms with Crippen LogP contribution in [0.15, 0.2) is 29.3 Å². The third-order valence-corrected chi connectivity index (χ3v) is 4.06. The molecule has 0 fully saturated rings. The lowest BCUT2D eigenvalue weighted by molar-refractivity contribution is -0.117. The molecule has 0 saturated carbocycles. The van der Waals surface area contributed by atoms with E-state index >= 15 is 0 Å². The molecule has 0 aromatic heterocycles. The second-order valence-corrected chi connectivity index (χ2v) is 5.73. The molecule has 6 nitrogen and oxygen atoms in total. The van der Waals surface area contributed by atoms with Gasteiger partial charge in [0.25, 0.3) is 0 Å². The van der Waals surface area contributed by atoms with Crippen LogP contribution in [-0.2, 0) is 9.59 Å². The predicted molar refractivity (Wildman–Crippen MR) is 86.6 cm³/mol. The molecule has 21 heavy (non-hydrogen) atoms. The van der Waals surface area contributed by atoms with Crippen molar-refractivity contribution in [2.75, 3.05) is 23.0 Å². The lowest BCUT2D eigenvalue weighted by atomic mass is 10.2. The Labute approximate surface area is 127 Å². The molecule has 1 aliphatic rings. The minimum absolute atomic E-state index is 0.0902. The Morgan fingerprint density at radius 3 is 2.95 bits per heavy atom. The van der Waals surface area contributed by atoms with Crippen LogP contribution in [0.2, 0.25) is 0 Å². The van der Waals surface area contributed by atoms with Gasteiger partial charge in [0.05, 0.1) is 17.1 Å². The SMILES string of the molecule is CN=C(N)SCC(=O)N1c2ccccc2NC(=O)CC1C. The Bertz CT molecular complexity index is 588. The molecule has 2 amide bonds. The second kappa shape index (κ2) is 6.62. The van der Waals surface area contributed by atoms with Crippen molar-refractivity contribution in [1.82, 2.24) is 0 Å². The molecular weight excluding hydrogens is 288 g/mol. The summed E-state index contributed by atoms with van der Waals surface area (Å²) in [6, 6.07) is 7.09. The molecule has 1 unspecified atom stereocenters. The van der Waals surface area contributed by atoms with E-state index in [0.29, 0.717) is 16.5 Å². The van der Waals surface area contributed by atoms with E-state index in [0.717, 1.165) is 0 Å². The van der Waals surface area contributed by atoms with Crippen LogP contribution in [0.4, 0.5) is 11.4 Å². The van der Waals surface area contributed by atoms with Gasteiger partial charge in [-0.1, -0.05) is 23.9 Å². The van der Waals surface area contributed by atoms with Gasteiger partial charge < -0.3 is 16.0 Å². The third kappa shape index (κ3) is 3.55. The summed E-state index contributed by atoms with van der Waals surface area (Å²) in [4.78, 5) is 29.8. The average Bonchev–Trinajstić information content (AvgIpc) is 2.58. The number of amides is 2. The van der Waals surface area contributed by atoms with Gasteiger partial charge in [-0.3, -0.25) is 14.6 Å². The van der Waals surface area contributed by atoms with Crippen molar-refractivity contribution in [3.05, 3.63) is 24.3 Å². The lowest BCUT2D eigenvalue weighted by Crippen LogP contribution is -2.40. The minimum atomic E-state index is -0.207. The number of benzene rings is 1. The lowest BCUT2D eigenvalue weighted by Gasteiger charge is -2.27. The van der Waals surface area contributed by atoms with Crippen LogP contribution in [-0.4, -0.2) is 35.8 Å². The monoisotopic (exact) mass is 306 g/mol. The number of anilines is 2. The molecule has 1 aromatic carbocycles. The van der Waals surface area contributed by atoms with Crippen LogP contribution < -0.4 is 16.0 Å². The number of nitrogens with one attached hydrogen (secondary N) is 1. The molecule has 0 bridgehead atoms. The van der Waals surface area contributed by atoms with Crippen LogP contribution in [0.25, 0.3) is 0 Å². The predicted octanol–water partition coefficient (Wildman–Crippen LogP) is 1.43. The number of hydrogen-bond acceptors (Lipinski definition) is 4. The summed E-state index contributed by atoms with van der Waals surface area (Å²) >= 11 is 1.19. The first kappa shape index (κ1) is 15.4. The fraction of sp³-hybridized carbons (Fsp3) is 0.357. The summed E-state index contributed by atoms with van der Waals surface area (Å²) < 4.78 is 0. The molecule has 1 aliphatic heterocycles. The van der Waals surface area contributed by atoms with Crippen molar-refractivity contribution in [3.63, 3.8) is 0 Å². The largest absolute Gasteiger partial charge is 0.379 e. The molecule has 0 aliphatic carbocycles. The van der Waals surface area contributed by atoms with Gasteiger partial charge in [0.1, 0.15) is 0 Å². The molecule has 3 N–H and O–H groups in total. The molecular formula is C14H18N4O2S. The Balaban J connectivity index is 2.28. The number of rotatable bonds is 2. The number of nitrogens with two attached hydrogens (primary N) is 1. The van der Waals surface area contributed by atoms with Crippen molar-refractivity contribution in [2.24, 2.45) is 10.7 Å². The maximum absolute atomic E-state index is 12.5. The van der Waals surface area contributed by atoms with E-state index < -0.39 is 0 Å². The van der Waals surface area contributed by atoms with Crippen molar-refractivity contribution in [1.29, 1.82) is 0 Å². The van der Waals surface area contributed by atoms with E-state index in [9.17, 15) is 9.59 Å². The Kier molecular flexibility index (Phi) is 4.85. The van der Waals surface area contributed by atoms with Gasteiger partial charge in [-0.2, -0.15) is 0 Å². The van der Waals surface area contributed by atoms with E-state index in [1.807, 2.05) is 25.1 Å². The fourth-order valence-electron chi connectivity index (χ4n) is 2.24. The van der Waals surface area contributed by atoms with Gasteiger partial charge >= 0.3 is 0 Å². The maximum atomic E-state index is 12.5. The maximum Gasteiger partial charge on any atom is 0.237 e. The molecule has 0 radical (unpaired) electrons. The van der Waals surface area contributed by atoms with Crippen molar-refractivity contribution < 1.29 is 9.59 Å². The van der Waals surface area contributed by atoms with Crippen LogP contribution in [0.1, 0.15) is 13.3 Å². The zero-order valence-corrected chi connectivity index (χ0v) is 12.8. The Morgan fingerprint density at radius 2 is 2.24 bits per heavy atom. The van der Waals surface area contributed by atoms with E-state index in [1.54, 1.807) is 18.0 Å². The van der Waals surface area contributed by atoms with Gasteiger partial charge in [0.2, 0.25) is 11.8 Å². The highest BCUT2D eigenvalue weighted by atomic mass is 32.2. The average molecular weight is 306 g/mol. The van der Waals surface area contributed by atoms with E-state index in [4.69, 9.17) is 5.73 Å². The molecule has 7 heteroatoms. The minimum Gasteiger partial charge on any atom is -0.379 e. The molecule has 0 spiro atoms. The smallest absolute Gasteiger partial charge is 0.237 e. The Morgan fingerprint density at radius 1 is 1.52 bits per heavy atom. The van der Waals surface area contributed by atoms with Crippen molar-refractivity contribution >= 4 is 40.1 Å². The highest BCUT2D eigenvalue weighted by Crippen LogP contribution is 2.31. The molecule has 1 aromatic rings. The highest BCUT2D eigenvalue weighted by molar-refractivity contribution is 8.14. The third-order valence-electron chi connectivity index (χ3n) is 3.19. The number of carbonyl (C=O) groups is 2. The van der Waals surface area contributed by atoms with Gasteiger partial charge in [-0.25, -0.2) is 0 Å². The number of aliphatic imine (C=N–C) groups is 1. The van der Waals surface area contributed by atoms with Gasteiger partial charge in [-0.05, 0) is 19.1 Å². The second-order valence-electron chi connectivity index (χ2n) is 4.73. The fourth-order valence-corrected chi connectivity index (χ4v) is 2.78. The number of thioether (sulfide) groups is 1. The van der Waals surface area contributed by atoms with E-state index in [1.165, 1.54) is 11.8 Å². The summed E-state index contributed by atoms with van der Waals surface area (Å²) in [5, 5.41) is 3.19. The molecule has 1 heterocycles. The summed E-state index contributed by atoms with van der Waals surface area (Å²) in [6.07, 6.45) is 0.266. The molecule has 2 rings (SSSR count). The summed E-state index contributed by atoms with van der Waals surface area (Å²) in [6.45, 7) is 1.86. The molecule has 0 saturated heterocycles. The van der Waals surface area contributed by atoms with E-state index in [-0.39, 0.29) is 30.0 Å². The zero-order chi connectivity index (χ0) is 15.4. The van der Waals surface area contributed by atoms with Crippen LogP contribution in [0.5, 0.6) is 0 Å². The summed E-state index contributed by atoms with van der Waals surface area (Å²) in [7, 11) is 1.58. The number of carbonyl (C=O) groups excluding carboxylic acids is 2. The normalized spacial score (nSPS) is 18.8. The van der Waals surface area contributed by atoms with Crippen LogP contribution >= 0.6 is 11.8 Å². The topological polar surface area (TPSA) is 87.8 Å². The number of nitrogens with zero attached hydrogens (tertiary/aromatic N) is 2. The zero-order valence-electron chi connectivity index (χ0n) is 12.0. The summed E-state index contributed by atoms with van der Waals surface area (Å²) in [5.41, 5.74) is 6.98. The number of hydrogen-bond donors (Lipinski definition) is 2. The molecule has 1 atom stereocenters. The first-order chi connectivity index (χ1) is 10.0. The number of fused-ring (bicyclic) bond motifs is 1. The highest BCUT2D eigenvalue weighted by Gasteiger charge is 2.29. The van der Waals surface area contributed by atoms with Crippen molar-refractivity contribution in [2.45, 2.75) is 19.4 Å². The number of amidine groups is 1. The number of para-hydroxylation sites is 2. The first-order valence-electron chi connectivity index (χ1n) is 6.59. The molecule has 112 valence electrons. The van der Waals surface area contributed by atoms with Crippen LogP contribution in [0.3, 0.4) is 0 Å². The quantitative estimate of drug-likeness (QED) is 0.639. The first-order valence-corrected chi connectivity index (χ1v) is 7.57. The summed E-state index contributed by atoms with van der Waals surface area (Å²) in [5.74, 6) is 0.00587. The Hall–Kier alpha value is -2.02. The van der Waals surface area contributed by atoms with E-state index in [2.05, 4.69) is 10.3 Å². The van der Waals surface area contributed by atoms with Gasteiger partial charge in [-0.15, -0.1) is 0 Å². The van der Waals surface area contributed by atoms with Gasteiger partial charge in [0.15, 0.2) is 5.17 Å². The standard InChI is InChI=1S/C14H18N4O2S/c1-9-7-12(19)17-10-5-3-4-6-11(10)18(9)13(20)8-21-14(15)16-2/h3-6,9H,7-8H2,1-2H3,(H2,15,16)(H,17,19). The van der Waals surface area contributed by atoms with Crippen molar-refractivity contribution in [3.8, 4) is 0 Å². The van der Waals surface area contributed by atoms with Gasteiger partial charge in [0, 0.05) is 19.5 Å².